The van der Waals surface area contributed by atoms with Crippen molar-refractivity contribution in [3.63, 3.8) is 0 Å². The van der Waals surface area contributed by atoms with Crippen LogP contribution in [0.5, 0.6) is 0 Å². The Kier molecular flexibility index (Phi) is 4.29. The highest BCUT2D eigenvalue weighted by Crippen LogP contribution is 2.27. The van der Waals surface area contributed by atoms with Crippen molar-refractivity contribution >= 4 is 27.5 Å². The highest BCUT2D eigenvalue weighted by Gasteiger charge is 2.13. The number of rotatable bonds is 4. The van der Waals surface area contributed by atoms with Gasteiger partial charge in [0.15, 0.2) is 0 Å². The molecular formula is C13H15BrN2S. The Bertz CT molecular complexity index is 467. The van der Waals surface area contributed by atoms with Crippen molar-refractivity contribution in [2.45, 2.75) is 31.0 Å². The molecule has 0 saturated heterocycles. The van der Waals surface area contributed by atoms with E-state index in [0.29, 0.717) is 10.7 Å². The second-order valence-electron chi connectivity index (χ2n) is 4.28. The lowest BCUT2D eigenvalue weighted by Gasteiger charge is -2.07. The van der Waals surface area contributed by atoms with Gasteiger partial charge in [-0.05, 0) is 17.1 Å². The van der Waals surface area contributed by atoms with Crippen LogP contribution in [0.2, 0.25) is 0 Å². The fourth-order valence-electron chi connectivity index (χ4n) is 1.52. The van der Waals surface area contributed by atoms with Gasteiger partial charge in [-0.3, -0.25) is 0 Å². The van der Waals surface area contributed by atoms with Gasteiger partial charge >= 0.3 is 0 Å². The molecule has 0 N–H and O–H groups in total. The Morgan fingerprint density at radius 2 is 1.94 bits per heavy atom. The molecule has 2 aromatic rings. The molecule has 0 bridgehead atoms. The zero-order chi connectivity index (χ0) is 12.3. The van der Waals surface area contributed by atoms with Crippen molar-refractivity contribution in [2.75, 3.05) is 0 Å². The Labute approximate surface area is 114 Å². The third-order valence-corrected chi connectivity index (χ3v) is 4.11. The van der Waals surface area contributed by atoms with Crippen LogP contribution in [0.4, 0.5) is 0 Å². The van der Waals surface area contributed by atoms with Crippen molar-refractivity contribution in [3.05, 3.63) is 46.7 Å². The van der Waals surface area contributed by atoms with Crippen LogP contribution >= 0.6 is 27.5 Å². The molecule has 0 saturated carbocycles. The highest BCUT2D eigenvalue weighted by molar-refractivity contribution is 9.09. The second kappa shape index (κ2) is 5.74. The standard InChI is InChI=1S/C13H15BrN2S/c1-9(2)13-15-12(17-16-13)8-11(14)10-6-4-3-5-7-10/h3-7,9,11H,8H2,1-2H3. The predicted molar refractivity (Wildman–Crippen MR) is 75.8 cm³/mol. The second-order valence-corrected chi connectivity index (χ2v) is 6.23. The molecular weight excluding hydrogens is 296 g/mol. The molecule has 2 rings (SSSR count). The molecule has 0 aliphatic rings. The van der Waals surface area contributed by atoms with Crippen LogP contribution in [0.1, 0.15) is 41.0 Å². The van der Waals surface area contributed by atoms with E-state index in [1.807, 2.05) is 6.07 Å². The van der Waals surface area contributed by atoms with Gasteiger partial charge in [0, 0.05) is 17.2 Å². The van der Waals surface area contributed by atoms with Gasteiger partial charge in [-0.2, -0.15) is 4.37 Å². The minimum absolute atomic E-state index is 0.316. The number of alkyl halides is 1. The maximum Gasteiger partial charge on any atom is 0.145 e. The minimum Gasteiger partial charge on any atom is -0.224 e. The van der Waals surface area contributed by atoms with E-state index in [9.17, 15) is 0 Å². The summed E-state index contributed by atoms with van der Waals surface area (Å²) in [6.45, 7) is 4.24. The lowest BCUT2D eigenvalue weighted by Crippen LogP contribution is -1.96. The summed E-state index contributed by atoms with van der Waals surface area (Å²) in [5.74, 6) is 1.36. The van der Waals surface area contributed by atoms with E-state index in [4.69, 9.17) is 0 Å². The first-order valence-electron chi connectivity index (χ1n) is 5.68. The number of hydrogen-bond donors (Lipinski definition) is 0. The van der Waals surface area contributed by atoms with Crippen LogP contribution < -0.4 is 0 Å². The molecule has 0 radical (unpaired) electrons. The normalized spacial score (nSPS) is 12.9. The van der Waals surface area contributed by atoms with E-state index in [2.05, 4.69) is 63.4 Å². The van der Waals surface area contributed by atoms with Crippen LogP contribution in [-0.4, -0.2) is 9.36 Å². The van der Waals surface area contributed by atoms with E-state index >= 15 is 0 Å². The summed E-state index contributed by atoms with van der Waals surface area (Å²) in [5.41, 5.74) is 1.29. The topological polar surface area (TPSA) is 25.8 Å². The van der Waals surface area contributed by atoms with Gasteiger partial charge in [-0.25, -0.2) is 4.98 Å². The quantitative estimate of drug-likeness (QED) is 0.785. The summed E-state index contributed by atoms with van der Waals surface area (Å²) >= 11 is 5.22. The zero-order valence-corrected chi connectivity index (χ0v) is 12.3. The molecule has 2 nitrogen and oxygen atoms in total. The van der Waals surface area contributed by atoms with E-state index in [1.54, 1.807) is 0 Å². The summed E-state index contributed by atoms with van der Waals surface area (Å²) in [5, 5.41) is 1.10. The van der Waals surface area contributed by atoms with Gasteiger partial charge in [0.05, 0.1) is 0 Å². The van der Waals surface area contributed by atoms with Crippen LogP contribution in [0.15, 0.2) is 30.3 Å². The molecule has 17 heavy (non-hydrogen) atoms. The van der Waals surface area contributed by atoms with E-state index in [1.165, 1.54) is 17.1 Å². The molecule has 1 heterocycles. The minimum atomic E-state index is 0.316. The summed E-state index contributed by atoms with van der Waals surface area (Å²) in [6.07, 6.45) is 0.897. The molecule has 0 spiro atoms. The molecule has 0 aliphatic carbocycles. The van der Waals surface area contributed by atoms with E-state index in [0.717, 1.165) is 17.3 Å². The number of hydrogen-bond acceptors (Lipinski definition) is 3. The maximum atomic E-state index is 4.55. The molecule has 1 aromatic carbocycles. The lowest BCUT2D eigenvalue weighted by atomic mass is 10.1. The Morgan fingerprint density at radius 3 is 2.53 bits per heavy atom. The summed E-state index contributed by atoms with van der Waals surface area (Å²) < 4.78 is 4.37. The SMILES string of the molecule is CC(C)c1nsc(CC(Br)c2ccccc2)n1. The van der Waals surface area contributed by atoms with E-state index in [-0.39, 0.29) is 0 Å². The molecule has 0 fully saturated rings. The Hall–Kier alpha value is -0.740. The first-order chi connectivity index (χ1) is 8.16. The molecule has 1 atom stereocenters. The van der Waals surface area contributed by atoms with E-state index < -0.39 is 0 Å². The van der Waals surface area contributed by atoms with Crippen LogP contribution in [0, 0.1) is 0 Å². The van der Waals surface area contributed by atoms with Crippen molar-refractivity contribution in [2.24, 2.45) is 0 Å². The maximum absolute atomic E-state index is 4.55. The molecule has 0 amide bonds. The smallest absolute Gasteiger partial charge is 0.145 e. The highest BCUT2D eigenvalue weighted by atomic mass is 79.9. The monoisotopic (exact) mass is 310 g/mol. The summed E-state index contributed by atoms with van der Waals surface area (Å²) in [6, 6.07) is 10.4. The lowest BCUT2D eigenvalue weighted by molar-refractivity contribution is 0.786. The van der Waals surface area contributed by atoms with Gasteiger partial charge in [0.2, 0.25) is 0 Å². The number of benzene rings is 1. The van der Waals surface area contributed by atoms with Gasteiger partial charge in [-0.1, -0.05) is 60.1 Å². The Balaban J connectivity index is 2.05. The molecule has 1 aromatic heterocycles. The molecule has 90 valence electrons. The van der Waals surface area contributed by atoms with Gasteiger partial charge < -0.3 is 0 Å². The van der Waals surface area contributed by atoms with Crippen molar-refractivity contribution < 1.29 is 0 Å². The summed E-state index contributed by atoms with van der Waals surface area (Å²) in [4.78, 5) is 4.87. The van der Waals surface area contributed by atoms with Gasteiger partial charge in [0.1, 0.15) is 10.8 Å². The third-order valence-electron chi connectivity index (χ3n) is 2.52. The van der Waals surface area contributed by atoms with Crippen molar-refractivity contribution in [1.82, 2.24) is 9.36 Å². The molecule has 4 heteroatoms. The zero-order valence-electron chi connectivity index (χ0n) is 9.93. The largest absolute Gasteiger partial charge is 0.224 e. The van der Waals surface area contributed by atoms with Crippen LogP contribution in [0.3, 0.4) is 0 Å². The number of nitrogens with zero attached hydrogens (tertiary/aromatic N) is 2. The average Bonchev–Trinajstić information content (AvgIpc) is 2.79. The molecule has 0 aliphatic heterocycles. The van der Waals surface area contributed by atoms with Crippen LogP contribution in [-0.2, 0) is 6.42 Å². The van der Waals surface area contributed by atoms with Crippen molar-refractivity contribution in [3.8, 4) is 0 Å². The number of aromatic nitrogens is 2. The average molecular weight is 311 g/mol. The molecule has 1 unspecified atom stereocenters. The summed E-state index contributed by atoms with van der Waals surface area (Å²) in [7, 11) is 0. The fourth-order valence-corrected chi connectivity index (χ4v) is 3.17. The van der Waals surface area contributed by atoms with Gasteiger partial charge in [-0.15, -0.1) is 0 Å². The van der Waals surface area contributed by atoms with Crippen LogP contribution in [0.25, 0.3) is 0 Å². The first-order valence-corrected chi connectivity index (χ1v) is 7.37. The first kappa shape index (κ1) is 12.7. The Morgan fingerprint density at radius 1 is 1.24 bits per heavy atom. The van der Waals surface area contributed by atoms with Crippen molar-refractivity contribution in [1.29, 1.82) is 0 Å². The predicted octanol–water partition coefficient (Wildman–Crippen LogP) is 4.34. The fraction of sp³-hybridized carbons (Fsp3) is 0.385. The third kappa shape index (κ3) is 3.36. The van der Waals surface area contributed by atoms with Gasteiger partial charge in [0.25, 0.3) is 0 Å². The number of halogens is 1.